The Morgan fingerprint density at radius 2 is 2.10 bits per heavy atom. The van der Waals surface area contributed by atoms with Gasteiger partial charge in [-0.05, 0) is 81.2 Å². The predicted molar refractivity (Wildman–Crippen MR) is 117 cm³/mol. The number of pyridine rings is 1. The van der Waals surface area contributed by atoms with Gasteiger partial charge in [-0.1, -0.05) is 25.0 Å². The molecular weight excluding hydrogens is 374 g/mol. The summed E-state index contributed by atoms with van der Waals surface area (Å²) < 4.78 is 6.08. The average Bonchev–Trinajstić information content (AvgIpc) is 2.74. The van der Waals surface area contributed by atoms with Crippen molar-refractivity contribution in [2.24, 2.45) is 5.92 Å². The molecule has 2 N–H and O–H groups in total. The zero-order valence-electron chi connectivity index (χ0n) is 18.1. The number of benzene rings is 1. The van der Waals surface area contributed by atoms with Crippen molar-refractivity contribution < 1.29 is 14.9 Å². The van der Waals surface area contributed by atoms with E-state index in [-0.39, 0.29) is 5.41 Å². The first-order chi connectivity index (χ1) is 14.4. The van der Waals surface area contributed by atoms with Gasteiger partial charge in [0, 0.05) is 22.9 Å². The summed E-state index contributed by atoms with van der Waals surface area (Å²) in [6.45, 7) is 6.41. The van der Waals surface area contributed by atoms with Crippen molar-refractivity contribution in [1.82, 2.24) is 4.98 Å². The Kier molecular flexibility index (Phi) is 5.61. The van der Waals surface area contributed by atoms with Gasteiger partial charge >= 0.3 is 0 Å². The zero-order chi connectivity index (χ0) is 21.4. The van der Waals surface area contributed by atoms with Crippen molar-refractivity contribution >= 4 is 0 Å². The summed E-state index contributed by atoms with van der Waals surface area (Å²) in [5.74, 6) is 6.88. The fraction of sp³-hybridized carbons (Fsp3) is 0.500. The second-order valence-corrected chi connectivity index (χ2v) is 8.82. The van der Waals surface area contributed by atoms with E-state index in [9.17, 15) is 10.2 Å². The number of rotatable bonds is 4. The normalized spacial score (nSPS) is 29.9. The minimum absolute atomic E-state index is 0.118. The van der Waals surface area contributed by atoms with Crippen molar-refractivity contribution in [3.63, 3.8) is 0 Å². The first-order valence-corrected chi connectivity index (χ1v) is 10.9. The smallest absolute Gasteiger partial charge is 0.151 e. The molecule has 4 nitrogen and oxygen atoms in total. The van der Waals surface area contributed by atoms with Crippen LogP contribution >= 0.6 is 0 Å². The molecular formula is C26H31NO3. The van der Waals surface area contributed by atoms with E-state index in [4.69, 9.17) is 4.74 Å². The second-order valence-electron chi connectivity index (χ2n) is 8.82. The van der Waals surface area contributed by atoms with Crippen LogP contribution in [0.1, 0.15) is 61.9 Å². The molecule has 30 heavy (non-hydrogen) atoms. The van der Waals surface area contributed by atoms with E-state index in [1.54, 1.807) is 13.1 Å². The monoisotopic (exact) mass is 405 g/mol. The quantitative estimate of drug-likeness (QED) is 0.752. The fourth-order valence-electron chi connectivity index (χ4n) is 5.58. The fourth-order valence-corrected chi connectivity index (χ4v) is 5.58. The summed E-state index contributed by atoms with van der Waals surface area (Å²) >= 11 is 0. The molecule has 0 spiro atoms. The second kappa shape index (κ2) is 8.06. The molecule has 0 aliphatic heterocycles. The highest BCUT2D eigenvalue weighted by atomic mass is 16.5. The topological polar surface area (TPSA) is 62.6 Å². The highest BCUT2D eigenvalue weighted by Crippen LogP contribution is 2.54. The van der Waals surface area contributed by atoms with Gasteiger partial charge in [-0.25, -0.2) is 0 Å². The van der Waals surface area contributed by atoms with Crippen LogP contribution in [0, 0.1) is 24.7 Å². The summed E-state index contributed by atoms with van der Waals surface area (Å²) in [5.41, 5.74) is 3.27. The van der Waals surface area contributed by atoms with Crippen molar-refractivity contribution in [2.45, 2.75) is 76.6 Å². The molecule has 2 aromatic rings. The molecule has 158 valence electrons. The van der Waals surface area contributed by atoms with E-state index in [0.29, 0.717) is 25.4 Å². The summed E-state index contributed by atoms with van der Waals surface area (Å²) in [4.78, 5) is 4.33. The number of fused-ring (bicyclic) bond motifs is 3. The number of ether oxygens (including phenoxy) is 1. The summed E-state index contributed by atoms with van der Waals surface area (Å²) in [6.07, 6.45) is 4.92. The van der Waals surface area contributed by atoms with E-state index < -0.39 is 11.7 Å². The number of nitrogens with zero attached hydrogens (tertiary/aromatic N) is 1. The van der Waals surface area contributed by atoms with E-state index in [1.807, 2.05) is 25.1 Å². The zero-order valence-corrected chi connectivity index (χ0v) is 18.1. The number of aromatic nitrogens is 1. The van der Waals surface area contributed by atoms with Crippen molar-refractivity contribution in [1.29, 1.82) is 0 Å². The van der Waals surface area contributed by atoms with Crippen molar-refractivity contribution in [2.75, 3.05) is 0 Å². The molecule has 1 saturated carbocycles. The van der Waals surface area contributed by atoms with Crippen LogP contribution in [-0.2, 0) is 18.4 Å². The lowest BCUT2D eigenvalue weighted by atomic mass is 9.52. The molecule has 4 atom stereocenters. The Hall–Kier alpha value is -2.35. The molecule has 1 heterocycles. The van der Waals surface area contributed by atoms with Crippen LogP contribution in [0.15, 0.2) is 36.5 Å². The van der Waals surface area contributed by atoms with Gasteiger partial charge in [0.15, 0.2) is 5.60 Å². The number of hydrogen-bond donors (Lipinski definition) is 2. The standard InChI is InChI=1S/C26H31NO3/c1-4-12-26(29)15-21-9-8-19-14-22(30-17-20-7-6-13-27-18(20)3)10-11-23(19)25(21,5-2)16-24(26)28/h6-7,10-11,13-14,21,24,28-29H,5,8-9,15-17H2,1-3H3. The van der Waals surface area contributed by atoms with Crippen LogP contribution in [0.2, 0.25) is 0 Å². The largest absolute Gasteiger partial charge is 0.489 e. The van der Waals surface area contributed by atoms with Gasteiger partial charge in [-0.15, -0.1) is 5.92 Å². The third-order valence-electron chi connectivity index (χ3n) is 7.31. The Bertz CT molecular complexity index is 991. The van der Waals surface area contributed by atoms with Gasteiger partial charge in [0.25, 0.3) is 0 Å². The van der Waals surface area contributed by atoms with Crippen molar-refractivity contribution in [3.8, 4) is 17.6 Å². The van der Waals surface area contributed by atoms with Gasteiger partial charge < -0.3 is 14.9 Å². The Labute approximate surface area is 179 Å². The first-order valence-electron chi connectivity index (χ1n) is 10.9. The lowest BCUT2D eigenvalue weighted by molar-refractivity contribution is -0.106. The SMILES string of the molecule is CC#CC1(O)CC2CCc3cc(OCc4cccnc4C)ccc3C2(CC)CC1O. The van der Waals surface area contributed by atoms with Crippen LogP contribution in [0.5, 0.6) is 5.75 Å². The van der Waals surface area contributed by atoms with E-state index >= 15 is 0 Å². The molecule has 4 rings (SSSR count). The van der Waals surface area contributed by atoms with Gasteiger partial charge in [0.05, 0.1) is 6.10 Å². The lowest BCUT2D eigenvalue weighted by Gasteiger charge is -2.53. The van der Waals surface area contributed by atoms with E-state index in [0.717, 1.165) is 36.3 Å². The highest BCUT2D eigenvalue weighted by molar-refractivity contribution is 5.44. The maximum atomic E-state index is 10.9. The Balaban J connectivity index is 1.60. The molecule has 0 bridgehead atoms. The Morgan fingerprint density at radius 1 is 1.27 bits per heavy atom. The van der Waals surface area contributed by atoms with Crippen LogP contribution in [0.4, 0.5) is 0 Å². The molecule has 1 fully saturated rings. The molecule has 4 heteroatoms. The number of aliphatic hydroxyl groups excluding tert-OH is 1. The van der Waals surface area contributed by atoms with Crippen molar-refractivity contribution in [3.05, 3.63) is 58.9 Å². The van der Waals surface area contributed by atoms with Crippen LogP contribution in [-0.4, -0.2) is 26.9 Å². The molecule has 2 aliphatic rings. The minimum atomic E-state index is -1.29. The van der Waals surface area contributed by atoms with Crippen LogP contribution < -0.4 is 4.74 Å². The maximum Gasteiger partial charge on any atom is 0.151 e. The molecule has 0 radical (unpaired) electrons. The average molecular weight is 406 g/mol. The molecule has 0 amide bonds. The number of aliphatic hydroxyl groups is 2. The molecule has 1 aromatic carbocycles. The number of hydrogen-bond acceptors (Lipinski definition) is 4. The van der Waals surface area contributed by atoms with Crippen LogP contribution in [0.25, 0.3) is 0 Å². The highest BCUT2D eigenvalue weighted by Gasteiger charge is 2.54. The maximum absolute atomic E-state index is 10.9. The van der Waals surface area contributed by atoms with E-state index in [1.165, 1.54) is 11.1 Å². The first kappa shape index (κ1) is 20.9. The lowest BCUT2D eigenvalue weighted by Crippen LogP contribution is -2.57. The van der Waals surface area contributed by atoms with Crippen LogP contribution in [0.3, 0.4) is 0 Å². The number of aryl methyl sites for hydroxylation is 2. The van der Waals surface area contributed by atoms with E-state index in [2.05, 4.69) is 35.9 Å². The third kappa shape index (κ3) is 3.51. The molecule has 1 aromatic heterocycles. The summed E-state index contributed by atoms with van der Waals surface area (Å²) in [7, 11) is 0. The minimum Gasteiger partial charge on any atom is -0.489 e. The van der Waals surface area contributed by atoms with Gasteiger partial charge in [0.2, 0.25) is 0 Å². The third-order valence-corrected chi connectivity index (χ3v) is 7.31. The Morgan fingerprint density at radius 3 is 2.83 bits per heavy atom. The van der Waals surface area contributed by atoms with Gasteiger partial charge in [0.1, 0.15) is 12.4 Å². The predicted octanol–water partition coefficient (Wildman–Crippen LogP) is 4.09. The van der Waals surface area contributed by atoms with Gasteiger partial charge in [-0.3, -0.25) is 4.98 Å². The molecule has 4 unspecified atom stereocenters. The summed E-state index contributed by atoms with van der Waals surface area (Å²) in [6, 6.07) is 10.4. The molecule has 2 aliphatic carbocycles. The molecule has 0 saturated heterocycles. The summed E-state index contributed by atoms with van der Waals surface area (Å²) in [5, 5.41) is 21.8. The van der Waals surface area contributed by atoms with Gasteiger partial charge in [-0.2, -0.15) is 0 Å².